The molecule has 3 aromatic rings. The van der Waals surface area contributed by atoms with Crippen LogP contribution in [0.2, 0.25) is 0 Å². The Morgan fingerprint density at radius 2 is 2.00 bits per heavy atom. The molecule has 0 aliphatic heterocycles. The summed E-state index contributed by atoms with van der Waals surface area (Å²) in [4.78, 5) is 25.8. The zero-order valence-corrected chi connectivity index (χ0v) is 21.5. The minimum Gasteiger partial charge on any atom is -0.481 e. The van der Waals surface area contributed by atoms with Gasteiger partial charge in [-0.1, -0.05) is 19.9 Å². The quantitative estimate of drug-likeness (QED) is 0.349. The molecule has 3 atom stereocenters. The second-order valence-electron chi connectivity index (χ2n) is 10.9. The number of carbonyl (C=O) groups is 1. The van der Waals surface area contributed by atoms with Gasteiger partial charge in [0.1, 0.15) is 16.8 Å². The molecular weight excluding hydrogens is 479 g/mol. The number of hydrogen-bond donors (Lipinski definition) is 3. The van der Waals surface area contributed by atoms with Crippen molar-refractivity contribution in [1.82, 2.24) is 15.0 Å². The number of halogens is 1. The Labute approximate surface area is 213 Å². The number of aliphatic carboxylic acids is 1. The minimum absolute atomic E-state index is 0.0680. The first-order chi connectivity index (χ1) is 17.0. The van der Waals surface area contributed by atoms with Gasteiger partial charge in [0.25, 0.3) is 0 Å². The van der Waals surface area contributed by atoms with E-state index < -0.39 is 29.1 Å². The highest BCUT2D eigenvalue weighted by Crippen LogP contribution is 2.51. The number of carboxylic acid groups (broad SMARTS) is 1. The third-order valence-electron chi connectivity index (χ3n) is 7.35. The lowest BCUT2D eigenvalue weighted by atomic mass is 9.63. The molecule has 36 heavy (non-hydrogen) atoms. The highest BCUT2D eigenvalue weighted by Gasteiger charge is 2.49. The first kappa shape index (κ1) is 24.8. The van der Waals surface area contributed by atoms with Crippen LogP contribution >= 0.6 is 11.3 Å². The molecule has 0 saturated heterocycles. The van der Waals surface area contributed by atoms with Gasteiger partial charge in [0.15, 0.2) is 0 Å². The highest BCUT2D eigenvalue weighted by molar-refractivity contribution is 7.15. The molecule has 7 nitrogen and oxygen atoms in total. The van der Waals surface area contributed by atoms with Crippen LogP contribution in [0.3, 0.4) is 0 Å². The Morgan fingerprint density at radius 3 is 2.69 bits per heavy atom. The number of hydrogen-bond acceptors (Lipinski definition) is 7. The Hall–Kier alpha value is -2.91. The molecule has 1 aromatic carbocycles. The molecule has 2 aliphatic carbocycles. The molecule has 2 fully saturated rings. The van der Waals surface area contributed by atoms with Gasteiger partial charge in [-0.3, -0.25) is 4.79 Å². The molecule has 0 spiro atoms. The Morgan fingerprint density at radius 1 is 1.22 bits per heavy atom. The van der Waals surface area contributed by atoms with Crippen LogP contribution < -0.4 is 5.32 Å². The van der Waals surface area contributed by atoms with Crippen LogP contribution in [0.5, 0.6) is 0 Å². The molecule has 9 heteroatoms. The van der Waals surface area contributed by atoms with E-state index in [1.165, 1.54) is 11.3 Å². The summed E-state index contributed by atoms with van der Waals surface area (Å²) in [5, 5.41) is 24.8. The van der Waals surface area contributed by atoms with Gasteiger partial charge < -0.3 is 15.5 Å². The molecule has 190 valence electrons. The van der Waals surface area contributed by atoms with Crippen molar-refractivity contribution in [2.24, 2.45) is 17.3 Å². The third-order valence-corrected chi connectivity index (χ3v) is 8.59. The molecule has 2 heterocycles. The first-order valence-electron chi connectivity index (χ1n) is 12.3. The maximum Gasteiger partial charge on any atom is 0.307 e. The topological polar surface area (TPSA) is 108 Å². The predicted octanol–water partition coefficient (Wildman–Crippen LogP) is 6.17. The summed E-state index contributed by atoms with van der Waals surface area (Å²) in [7, 11) is 0. The molecule has 3 N–H and O–H groups in total. The number of nitrogens with zero attached hydrogens (tertiary/aromatic N) is 3. The Kier molecular flexibility index (Phi) is 6.32. The molecule has 2 aromatic heterocycles. The lowest BCUT2D eigenvalue weighted by molar-refractivity contribution is -0.154. The summed E-state index contributed by atoms with van der Waals surface area (Å²) in [6.45, 7) is 5.79. The van der Waals surface area contributed by atoms with Crippen molar-refractivity contribution in [1.29, 1.82) is 0 Å². The van der Waals surface area contributed by atoms with E-state index in [1.54, 1.807) is 18.5 Å². The smallest absolute Gasteiger partial charge is 0.307 e. The molecular formula is C27H31FN4O3S. The van der Waals surface area contributed by atoms with Crippen LogP contribution in [0.25, 0.3) is 10.4 Å². The summed E-state index contributed by atoms with van der Waals surface area (Å²) >= 11 is 1.42. The van der Waals surface area contributed by atoms with Crippen LogP contribution in [0.15, 0.2) is 36.7 Å². The summed E-state index contributed by atoms with van der Waals surface area (Å²) in [6, 6.07) is 7.60. The SMILES string of the molecule is Cc1cc(Nc2nccc([C@H](F)C3CC3)n2)cc(-c2cnc([C@@]3(O)CC[C@H](C(=O)O)C(C)(C)C3)s2)c1. The van der Waals surface area contributed by atoms with E-state index in [0.29, 0.717) is 35.9 Å². The molecule has 0 radical (unpaired) electrons. The van der Waals surface area contributed by atoms with Crippen LogP contribution in [0.1, 0.15) is 68.4 Å². The van der Waals surface area contributed by atoms with Crippen LogP contribution in [0, 0.1) is 24.2 Å². The number of rotatable bonds is 7. The third kappa shape index (κ3) is 4.99. The van der Waals surface area contributed by atoms with E-state index in [9.17, 15) is 19.4 Å². The van der Waals surface area contributed by atoms with Crippen molar-refractivity contribution < 1.29 is 19.4 Å². The molecule has 2 aliphatic rings. The van der Waals surface area contributed by atoms with E-state index >= 15 is 0 Å². The lowest BCUT2D eigenvalue weighted by Crippen LogP contribution is -2.44. The van der Waals surface area contributed by atoms with Crippen LogP contribution in [-0.2, 0) is 10.4 Å². The summed E-state index contributed by atoms with van der Waals surface area (Å²) < 4.78 is 14.5. The fraction of sp³-hybridized carbons (Fsp3) is 0.481. The number of thiazole rings is 1. The van der Waals surface area contributed by atoms with Crippen molar-refractivity contribution in [2.45, 2.75) is 64.6 Å². The second kappa shape index (κ2) is 9.19. The Balaban J connectivity index is 1.37. The van der Waals surface area contributed by atoms with Gasteiger partial charge in [-0.2, -0.15) is 0 Å². The summed E-state index contributed by atoms with van der Waals surface area (Å²) in [5.74, 6) is -0.881. The van der Waals surface area contributed by atoms with Gasteiger partial charge in [-0.15, -0.1) is 11.3 Å². The van der Waals surface area contributed by atoms with Crippen molar-refractivity contribution in [3.05, 3.63) is 52.9 Å². The van der Waals surface area contributed by atoms with Crippen molar-refractivity contribution in [3.63, 3.8) is 0 Å². The molecule has 0 unspecified atom stereocenters. The number of nitrogens with one attached hydrogen (secondary N) is 1. The highest BCUT2D eigenvalue weighted by atomic mass is 32.1. The van der Waals surface area contributed by atoms with Crippen molar-refractivity contribution >= 4 is 28.9 Å². The molecule has 5 rings (SSSR count). The monoisotopic (exact) mass is 510 g/mol. The fourth-order valence-electron chi connectivity index (χ4n) is 5.35. The number of benzene rings is 1. The second-order valence-corrected chi connectivity index (χ2v) is 11.9. The fourth-order valence-corrected chi connectivity index (χ4v) is 6.36. The average Bonchev–Trinajstić information content (AvgIpc) is 3.52. The van der Waals surface area contributed by atoms with Gasteiger partial charge in [-0.25, -0.2) is 19.3 Å². The number of aryl methyl sites for hydroxylation is 1. The number of aliphatic hydroxyl groups is 1. The van der Waals surface area contributed by atoms with Crippen LogP contribution in [0.4, 0.5) is 16.0 Å². The van der Waals surface area contributed by atoms with Gasteiger partial charge in [0, 0.05) is 18.1 Å². The van der Waals surface area contributed by atoms with Crippen molar-refractivity contribution in [3.8, 4) is 10.4 Å². The van der Waals surface area contributed by atoms with Crippen molar-refractivity contribution in [2.75, 3.05) is 5.32 Å². The van der Waals surface area contributed by atoms with Gasteiger partial charge >= 0.3 is 5.97 Å². The zero-order valence-electron chi connectivity index (χ0n) is 20.7. The van der Waals surface area contributed by atoms with E-state index in [-0.39, 0.29) is 5.92 Å². The Bertz CT molecular complexity index is 1290. The van der Waals surface area contributed by atoms with Gasteiger partial charge in [-0.05, 0) is 79.7 Å². The number of anilines is 2. The molecule has 0 amide bonds. The van der Waals surface area contributed by atoms with Gasteiger partial charge in [0.05, 0.1) is 16.5 Å². The van der Waals surface area contributed by atoms with Gasteiger partial charge in [0.2, 0.25) is 5.95 Å². The van der Waals surface area contributed by atoms with E-state index in [2.05, 4.69) is 20.3 Å². The normalized spacial score (nSPS) is 24.3. The number of carboxylic acids is 1. The average molecular weight is 511 g/mol. The first-order valence-corrected chi connectivity index (χ1v) is 13.1. The predicted molar refractivity (Wildman–Crippen MR) is 137 cm³/mol. The summed E-state index contributed by atoms with van der Waals surface area (Å²) in [6.07, 6.45) is 5.20. The van der Waals surface area contributed by atoms with E-state index in [1.807, 2.05) is 39.0 Å². The standard InChI is InChI=1S/C27H31FN4O3S/c1-15-10-17(12-18(11-15)31-25-29-9-7-20(32-25)22(28)16-4-5-16)21-13-30-24(36-21)27(35)8-6-19(23(33)34)26(2,3)14-27/h7,9-13,16,19,22,35H,4-6,8,14H2,1-3H3,(H,33,34)(H,29,31,32)/t19-,22-,27-/m1/s1. The lowest BCUT2D eigenvalue weighted by Gasteiger charge is -2.44. The van der Waals surface area contributed by atoms with E-state index in [4.69, 9.17) is 0 Å². The van der Waals surface area contributed by atoms with Crippen LogP contribution in [-0.4, -0.2) is 31.1 Å². The minimum atomic E-state index is -1.15. The maximum atomic E-state index is 14.5. The zero-order chi connectivity index (χ0) is 25.7. The number of aromatic nitrogens is 3. The molecule has 2 saturated carbocycles. The largest absolute Gasteiger partial charge is 0.481 e. The number of alkyl halides is 1. The summed E-state index contributed by atoms with van der Waals surface area (Å²) in [5.41, 5.74) is 1.44. The maximum absolute atomic E-state index is 14.5. The molecule has 0 bridgehead atoms. The van der Waals surface area contributed by atoms with E-state index in [0.717, 1.165) is 34.5 Å².